The number of ether oxygens (including phenoxy) is 2. The van der Waals surface area contributed by atoms with Gasteiger partial charge in [0, 0.05) is 44.6 Å². The zero-order chi connectivity index (χ0) is 25.2. The second kappa shape index (κ2) is 9.93. The molecule has 0 radical (unpaired) electrons. The average molecular weight is 507 g/mol. The molecular weight excluding hydrogens is 476 g/mol. The molecule has 2 aromatic carbocycles. The minimum absolute atomic E-state index is 0.0489. The number of hydrogen-bond acceptors (Lipinski definition) is 6. The number of benzene rings is 2. The molecule has 7 nitrogen and oxygen atoms in total. The van der Waals surface area contributed by atoms with Gasteiger partial charge in [-0.1, -0.05) is 30.3 Å². The number of hydrogen-bond donors (Lipinski definition) is 0. The summed E-state index contributed by atoms with van der Waals surface area (Å²) in [6, 6.07) is 17.6. The van der Waals surface area contributed by atoms with Gasteiger partial charge < -0.3 is 14.4 Å². The Hall–Kier alpha value is -3.39. The third-order valence-electron chi connectivity index (χ3n) is 7.00. The highest BCUT2D eigenvalue weighted by atomic mass is 32.2. The third kappa shape index (κ3) is 5.70. The van der Waals surface area contributed by atoms with E-state index in [9.17, 15) is 13.2 Å². The van der Waals surface area contributed by atoms with Gasteiger partial charge >= 0.3 is 6.09 Å². The first-order valence-electron chi connectivity index (χ1n) is 12.2. The lowest BCUT2D eigenvalue weighted by Crippen LogP contribution is -2.51. The lowest BCUT2D eigenvalue weighted by molar-refractivity contribution is -0.0150. The van der Waals surface area contributed by atoms with Crippen LogP contribution in [0.4, 0.5) is 4.79 Å². The summed E-state index contributed by atoms with van der Waals surface area (Å²) in [7, 11) is -3.05. The molecule has 1 aromatic heterocycles. The van der Waals surface area contributed by atoms with Gasteiger partial charge in [-0.15, -0.1) is 0 Å². The van der Waals surface area contributed by atoms with E-state index in [2.05, 4.69) is 17.1 Å². The van der Waals surface area contributed by atoms with Gasteiger partial charge in [0.05, 0.1) is 5.75 Å². The van der Waals surface area contributed by atoms with Gasteiger partial charge in [0.15, 0.2) is 9.84 Å². The molecule has 1 spiro atoms. The molecule has 0 N–H and O–H groups in total. The van der Waals surface area contributed by atoms with Crippen molar-refractivity contribution in [2.24, 2.45) is 0 Å². The third-order valence-corrected chi connectivity index (χ3v) is 7.86. The fourth-order valence-electron chi connectivity index (χ4n) is 4.96. The first kappa shape index (κ1) is 24.3. The molecule has 1 fully saturated rings. The van der Waals surface area contributed by atoms with E-state index in [0.29, 0.717) is 13.1 Å². The number of rotatable bonds is 5. The summed E-state index contributed by atoms with van der Waals surface area (Å²) < 4.78 is 35.1. The Morgan fingerprint density at radius 1 is 0.972 bits per heavy atom. The first-order chi connectivity index (χ1) is 17.3. The van der Waals surface area contributed by atoms with Crippen LogP contribution in [0.3, 0.4) is 0 Å². The molecule has 188 valence electrons. The fourth-order valence-corrected chi connectivity index (χ4v) is 5.76. The van der Waals surface area contributed by atoms with Crippen molar-refractivity contribution in [3.05, 3.63) is 83.7 Å². The lowest BCUT2D eigenvalue weighted by atomic mass is 9.82. The van der Waals surface area contributed by atoms with E-state index in [4.69, 9.17) is 9.47 Å². The number of sulfone groups is 1. The molecule has 2 aliphatic rings. The number of fused-ring (bicyclic) bond motifs is 1. The monoisotopic (exact) mass is 506 g/mol. The van der Waals surface area contributed by atoms with Gasteiger partial charge in [-0.3, -0.25) is 4.98 Å². The van der Waals surface area contributed by atoms with Crippen LogP contribution in [0.2, 0.25) is 0 Å². The maximum atomic E-state index is 12.5. The van der Waals surface area contributed by atoms with E-state index >= 15 is 0 Å². The molecule has 0 atom stereocenters. The van der Waals surface area contributed by atoms with Crippen LogP contribution in [0.5, 0.6) is 5.75 Å². The van der Waals surface area contributed by atoms with E-state index in [1.807, 2.05) is 42.5 Å². The first-order valence-corrected chi connectivity index (χ1v) is 14.2. The van der Waals surface area contributed by atoms with Crippen LogP contribution in [0.1, 0.15) is 36.0 Å². The normalized spacial score (nSPS) is 16.8. The van der Waals surface area contributed by atoms with Crippen LogP contribution in [0.15, 0.2) is 67.0 Å². The summed E-state index contributed by atoms with van der Waals surface area (Å²) in [4.78, 5) is 18.3. The van der Waals surface area contributed by atoms with Crippen LogP contribution in [-0.2, 0) is 33.4 Å². The lowest BCUT2D eigenvalue weighted by Gasteiger charge is -2.44. The molecule has 8 heteroatoms. The number of amides is 1. The SMILES string of the molecule is CS(=O)(=O)Cc1ccc(-c2ccc3c(c2)CCC2(CCN(C(=O)OCc4ccncc4)CC2)O3)cc1. The van der Waals surface area contributed by atoms with Crippen LogP contribution >= 0.6 is 0 Å². The number of pyridine rings is 1. The maximum absolute atomic E-state index is 12.5. The molecule has 1 saturated heterocycles. The number of likely N-dealkylation sites (tertiary alicyclic amines) is 1. The standard InChI is InChI=1S/C28H30N2O5S/c1-36(32,33)20-22-2-4-23(5-3-22)24-6-7-26-25(18-24)8-11-28(35-26)12-16-30(17-13-28)27(31)34-19-21-9-14-29-15-10-21/h2-7,9-10,14-15,18H,8,11-13,16-17,19-20H2,1H3. The number of carbonyl (C=O) groups is 1. The second-order valence-electron chi connectivity index (χ2n) is 9.77. The van der Waals surface area contributed by atoms with E-state index in [1.165, 1.54) is 11.8 Å². The highest BCUT2D eigenvalue weighted by molar-refractivity contribution is 7.89. The Morgan fingerprint density at radius 2 is 1.67 bits per heavy atom. The van der Waals surface area contributed by atoms with Crippen molar-refractivity contribution < 1.29 is 22.7 Å². The van der Waals surface area contributed by atoms with E-state index < -0.39 is 9.84 Å². The predicted octanol–water partition coefficient (Wildman–Crippen LogP) is 4.79. The number of aryl methyl sites for hydroxylation is 1. The van der Waals surface area contributed by atoms with Crippen molar-refractivity contribution in [2.75, 3.05) is 19.3 Å². The quantitative estimate of drug-likeness (QED) is 0.495. The van der Waals surface area contributed by atoms with Gasteiger partial charge in [-0.05, 0) is 64.9 Å². The van der Waals surface area contributed by atoms with Gasteiger partial charge in [-0.2, -0.15) is 0 Å². The average Bonchev–Trinajstić information content (AvgIpc) is 2.88. The molecule has 1 amide bonds. The summed E-state index contributed by atoms with van der Waals surface area (Å²) in [5, 5.41) is 0. The van der Waals surface area contributed by atoms with Crippen molar-refractivity contribution >= 4 is 15.9 Å². The van der Waals surface area contributed by atoms with Crippen LogP contribution in [-0.4, -0.2) is 49.3 Å². The van der Waals surface area contributed by atoms with Gasteiger partial charge in [-0.25, -0.2) is 13.2 Å². The molecule has 0 saturated carbocycles. The van der Waals surface area contributed by atoms with Crippen molar-refractivity contribution in [2.45, 2.75) is 43.6 Å². The topological polar surface area (TPSA) is 85.8 Å². The number of nitrogens with zero attached hydrogens (tertiary/aromatic N) is 2. The Bertz CT molecular complexity index is 1330. The van der Waals surface area contributed by atoms with E-state index in [0.717, 1.165) is 53.7 Å². The fraction of sp³-hybridized carbons (Fsp3) is 0.357. The molecule has 0 unspecified atom stereocenters. The number of aromatic nitrogens is 1. The Balaban J connectivity index is 1.19. The second-order valence-corrected chi connectivity index (χ2v) is 11.9. The summed E-state index contributed by atoms with van der Waals surface area (Å²) in [5.41, 5.74) is 4.78. The molecule has 3 heterocycles. The Kier molecular flexibility index (Phi) is 6.71. The predicted molar refractivity (Wildman–Crippen MR) is 137 cm³/mol. The van der Waals surface area contributed by atoms with E-state index in [1.54, 1.807) is 17.3 Å². The summed E-state index contributed by atoms with van der Waals surface area (Å²) in [6.45, 7) is 1.47. The molecule has 5 rings (SSSR count). The Labute approximate surface area is 212 Å². The highest BCUT2D eigenvalue weighted by Crippen LogP contribution is 2.41. The Morgan fingerprint density at radius 3 is 2.36 bits per heavy atom. The zero-order valence-corrected chi connectivity index (χ0v) is 21.2. The molecule has 0 aliphatic carbocycles. The van der Waals surface area contributed by atoms with Crippen molar-refractivity contribution in [3.8, 4) is 16.9 Å². The van der Waals surface area contributed by atoms with E-state index in [-0.39, 0.29) is 24.1 Å². The van der Waals surface area contributed by atoms with Crippen molar-refractivity contribution in [1.29, 1.82) is 0 Å². The summed E-state index contributed by atoms with van der Waals surface area (Å²) in [5.74, 6) is 0.959. The largest absolute Gasteiger partial charge is 0.487 e. The summed E-state index contributed by atoms with van der Waals surface area (Å²) in [6.07, 6.45) is 7.72. The molecule has 2 aliphatic heterocycles. The van der Waals surface area contributed by atoms with Gasteiger partial charge in [0.25, 0.3) is 0 Å². The zero-order valence-electron chi connectivity index (χ0n) is 20.4. The molecule has 36 heavy (non-hydrogen) atoms. The smallest absolute Gasteiger partial charge is 0.410 e. The molecule has 0 bridgehead atoms. The highest BCUT2D eigenvalue weighted by Gasteiger charge is 2.40. The molecule has 3 aromatic rings. The number of carbonyl (C=O) groups excluding carboxylic acids is 1. The van der Waals surface area contributed by atoms with Gasteiger partial charge in [0.1, 0.15) is 18.0 Å². The van der Waals surface area contributed by atoms with Gasteiger partial charge in [0.2, 0.25) is 0 Å². The minimum Gasteiger partial charge on any atom is -0.487 e. The van der Waals surface area contributed by atoms with Crippen LogP contribution in [0.25, 0.3) is 11.1 Å². The van der Waals surface area contributed by atoms with Crippen LogP contribution < -0.4 is 4.74 Å². The summed E-state index contributed by atoms with van der Waals surface area (Å²) >= 11 is 0. The minimum atomic E-state index is -3.05. The van der Waals surface area contributed by atoms with Crippen molar-refractivity contribution in [3.63, 3.8) is 0 Å². The van der Waals surface area contributed by atoms with Crippen molar-refractivity contribution in [1.82, 2.24) is 9.88 Å². The molecular formula is C28H30N2O5S. The maximum Gasteiger partial charge on any atom is 0.410 e. The van der Waals surface area contributed by atoms with Crippen LogP contribution in [0, 0.1) is 0 Å². The number of piperidine rings is 1.